The smallest absolute Gasteiger partial charge is 0.337 e. The average Bonchev–Trinajstić information content (AvgIpc) is 3.46. The first kappa shape index (κ1) is 19.5. The van der Waals surface area contributed by atoms with E-state index in [-0.39, 0.29) is 12.0 Å². The van der Waals surface area contributed by atoms with Crippen LogP contribution in [0.15, 0.2) is 48.7 Å². The van der Waals surface area contributed by atoms with Crippen LogP contribution in [-0.4, -0.2) is 54.3 Å². The second kappa shape index (κ2) is 8.00. The number of rotatable bonds is 5. The number of benzene rings is 2. The number of fused-ring (bicyclic) bond motifs is 2. The molecule has 1 aliphatic rings. The molecule has 0 bridgehead atoms. The molecule has 1 atom stereocenters. The second-order valence-electron chi connectivity index (χ2n) is 7.82. The lowest BCUT2D eigenvalue weighted by atomic mass is 10.1. The Hall–Kier alpha value is -3.45. The van der Waals surface area contributed by atoms with Crippen LogP contribution in [0.4, 0.5) is 5.82 Å². The number of ether oxygens (including phenoxy) is 2. The minimum absolute atomic E-state index is 0.246. The van der Waals surface area contributed by atoms with Gasteiger partial charge in [-0.2, -0.15) is 0 Å². The number of carbonyl (C=O) groups is 1. The summed E-state index contributed by atoms with van der Waals surface area (Å²) in [7, 11) is 3.11. The highest BCUT2D eigenvalue weighted by Crippen LogP contribution is 2.35. The molecule has 7 nitrogen and oxygen atoms in total. The summed E-state index contributed by atoms with van der Waals surface area (Å²) in [6.07, 6.45) is 4.06. The molecule has 158 valence electrons. The van der Waals surface area contributed by atoms with Crippen LogP contribution in [0.1, 0.15) is 23.2 Å². The standard InChI is InChI=1S/C24H24N4O3/c1-30-14-18-4-3-11-28(18)23-22(16-5-7-19-15(12-16)9-10-25-19)26-20-8-6-17(24(29)31-2)13-21(20)27-23/h5-10,12-13,18,25H,3-4,11,14H2,1-2H3. The van der Waals surface area contributed by atoms with Gasteiger partial charge in [0.2, 0.25) is 0 Å². The van der Waals surface area contributed by atoms with Crippen molar-refractivity contribution in [1.82, 2.24) is 15.0 Å². The molecule has 1 fully saturated rings. The van der Waals surface area contributed by atoms with Crippen LogP contribution in [0.2, 0.25) is 0 Å². The van der Waals surface area contributed by atoms with Crippen molar-refractivity contribution in [3.05, 3.63) is 54.2 Å². The first-order valence-corrected chi connectivity index (χ1v) is 10.4. The molecule has 7 heteroatoms. The van der Waals surface area contributed by atoms with Crippen molar-refractivity contribution in [2.45, 2.75) is 18.9 Å². The van der Waals surface area contributed by atoms with E-state index in [1.165, 1.54) is 7.11 Å². The normalized spacial score (nSPS) is 16.3. The maximum absolute atomic E-state index is 12.0. The first-order chi connectivity index (χ1) is 15.2. The number of carbonyl (C=O) groups excluding carboxylic acids is 1. The topological polar surface area (TPSA) is 80.3 Å². The van der Waals surface area contributed by atoms with Crippen LogP contribution in [0.5, 0.6) is 0 Å². The summed E-state index contributed by atoms with van der Waals surface area (Å²) in [5.41, 5.74) is 4.81. The van der Waals surface area contributed by atoms with Gasteiger partial charge >= 0.3 is 5.97 Å². The zero-order valence-corrected chi connectivity index (χ0v) is 17.6. The van der Waals surface area contributed by atoms with Crippen molar-refractivity contribution >= 4 is 33.7 Å². The number of aromatic nitrogens is 3. The van der Waals surface area contributed by atoms with E-state index in [0.717, 1.165) is 52.9 Å². The van der Waals surface area contributed by atoms with Crippen molar-refractivity contribution < 1.29 is 14.3 Å². The van der Waals surface area contributed by atoms with E-state index in [1.54, 1.807) is 19.2 Å². The molecule has 3 heterocycles. The lowest BCUT2D eigenvalue weighted by Gasteiger charge is -2.27. The molecule has 31 heavy (non-hydrogen) atoms. The Morgan fingerprint density at radius 1 is 1.13 bits per heavy atom. The molecule has 1 N–H and O–H groups in total. The summed E-state index contributed by atoms with van der Waals surface area (Å²) in [6.45, 7) is 1.53. The highest BCUT2D eigenvalue weighted by Gasteiger charge is 2.29. The van der Waals surface area contributed by atoms with E-state index in [9.17, 15) is 4.79 Å². The molecule has 1 aliphatic heterocycles. The highest BCUT2D eigenvalue weighted by atomic mass is 16.5. The van der Waals surface area contributed by atoms with Crippen LogP contribution in [-0.2, 0) is 9.47 Å². The Labute approximate surface area is 180 Å². The van der Waals surface area contributed by atoms with Crippen LogP contribution >= 0.6 is 0 Å². The quantitative estimate of drug-likeness (QED) is 0.492. The van der Waals surface area contributed by atoms with E-state index in [4.69, 9.17) is 19.4 Å². The molecule has 0 radical (unpaired) electrons. The van der Waals surface area contributed by atoms with Gasteiger partial charge in [0.1, 0.15) is 5.69 Å². The molecular formula is C24H24N4O3. The number of hydrogen-bond acceptors (Lipinski definition) is 6. The summed E-state index contributed by atoms with van der Waals surface area (Å²) >= 11 is 0. The van der Waals surface area contributed by atoms with Gasteiger partial charge in [-0.3, -0.25) is 0 Å². The molecule has 0 spiro atoms. The zero-order valence-electron chi connectivity index (χ0n) is 17.6. The molecule has 4 aromatic rings. The van der Waals surface area contributed by atoms with Crippen molar-refractivity contribution in [3.63, 3.8) is 0 Å². The van der Waals surface area contributed by atoms with Gasteiger partial charge in [0.05, 0.1) is 36.4 Å². The lowest BCUT2D eigenvalue weighted by molar-refractivity contribution is 0.0601. The predicted molar refractivity (Wildman–Crippen MR) is 120 cm³/mol. The second-order valence-corrected chi connectivity index (χ2v) is 7.82. The van der Waals surface area contributed by atoms with Gasteiger partial charge in [-0.05, 0) is 49.2 Å². The fourth-order valence-electron chi connectivity index (χ4n) is 4.36. The van der Waals surface area contributed by atoms with E-state index < -0.39 is 0 Å². The van der Waals surface area contributed by atoms with E-state index >= 15 is 0 Å². The molecular weight excluding hydrogens is 392 g/mol. The Bertz CT molecular complexity index is 1270. The van der Waals surface area contributed by atoms with Crippen molar-refractivity contribution in [1.29, 1.82) is 0 Å². The third-order valence-corrected chi connectivity index (χ3v) is 5.90. The maximum Gasteiger partial charge on any atom is 0.337 e. The van der Waals surface area contributed by atoms with Gasteiger partial charge in [-0.25, -0.2) is 14.8 Å². The van der Waals surface area contributed by atoms with E-state index in [0.29, 0.717) is 17.7 Å². The van der Waals surface area contributed by atoms with Gasteiger partial charge < -0.3 is 19.4 Å². The van der Waals surface area contributed by atoms with Gasteiger partial charge in [0, 0.05) is 36.3 Å². The van der Waals surface area contributed by atoms with Crippen LogP contribution < -0.4 is 4.90 Å². The lowest BCUT2D eigenvalue weighted by Crippen LogP contribution is -2.34. The zero-order chi connectivity index (χ0) is 21.4. The van der Waals surface area contributed by atoms with Gasteiger partial charge in [0.25, 0.3) is 0 Å². The number of aromatic amines is 1. The monoisotopic (exact) mass is 416 g/mol. The Morgan fingerprint density at radius 3 is 2.87 bits per heavy atom. The SMILES string of the molecule is COCC1CCCN1c1nc2cc(C(=O)OC)ccc2nc1-c1ccc2[nH]ccc2c1. The van der Waals surface area contributed by atoms with Crippen molar-refractivity contribution in [2.75, 3.05) is 32.3 Å². The number of hydrogen-bond donors (Lipinski definition) is 1. The molecule has 2 aromatic heterocycles. The third kappa shape index (κ3) is 3.51. The fourth-order valence-corrected chi connectivity index (χ4v) is 4.36. The van der Waals surface area contributed by atoms with Gasteiger partial charge in [0.15, 0.2) is 5.82 Å². The number of methoxy groups -OCH3 is 2. The number of nitrogens with zero attached hydrogens (tertiary/aromatic N) is 3. The molecule has 0 aliphatic carbocycles. The summed E-state index contributed by atoms with van der Waals surface area (Å²) in [4.78, 5) is 27.5. The van der Waals surface area contributed by atoms with Gasteiger partial charge in [-0.1, -0.05) is 6.07 Å². The largest absolute Gasteiger partial charge is 0.465 e. The average molecular weight is 416 g/mol. The first-order valence-electron chi connectivity index (χ1n) is 10.4. The fraction of sp³-hybridized carbons (Fsp3) is 0.292. The molecule has 5 rings (SSSR count). The Balaban J connectivity index is 1.70. The Kier molecular flexibility index (Phi) is 5.03. The maximum atomic E-state index is 12.0. The van der Waals surface area contributed by atoms with Crippen LogP contribution in [0, 0.1) is 0 Å². The Morgan fingerprint density at radius 2 is 2.03 bits per heavy atom. The van der Waals surface area contributed by atoms with E-state index in [1.807, 2.05) is 12.3 Å². The minimum atomic E-state index is -0.384. The molecule has 2 aromatic carbocycles. The predicted octanol–water partition coefficient (Wildman–Crippen LogP) is 4.18. The summed E-state index contributed by atoms with van der Waals surface area (Å²) < 4.78 is 10.3. The van der Waals surface area contributed by atoms with Crippen LogP contribution in [0.3, 0.4) is 0 Å². The van der Waals surface area contributed by atoms with Crippen LogP contribution in [0.25, 0.3) is 33.2 Å². The number of anilines is 1. The molecule has 1 unspecified atom stereocenters. The number of H-pyrrole nitrogens is 1. The van der Waals surface area contributed by atoms with Gasteiger partial charge in [-0.15, -0.1) is 0 Å². The summed E-state index contributed by atoms with van der Waals surface area (Å²) in [5.74, 6) is 0.439. The third-order valence-electron chi connectivity index (χ3n) is 5.90. The van der Waals surface area contributed by atoms with E-state index in [2.05, 4.69) is 34.1 Å². The minimum Gasteiger partial charge on any atom is -0.465 e. The van der Waals surface area contributed by atoms with Crippen molar-refractivity contribution in [3.8, 4) is 11.3 Å². The summed E-state index contributed by atoms with van der Waals surface area (Å²) in [6, 6.07) is 13.9. The highest BCUT2D eigenvalue weighted by molar-refractivity contribution is 5.95. The van der Waals surface area contributed by atoms with Crippen molar-refractivity contribution in [2.24, 2.45) is 0 Å². The molecule has 1 saturated heterocycles. The number of nitrogens with one attached hydrogen (secondary N) is 1. The number of esters is 1. The molecule has 0 amide bonds. The summed E-state index contributed by atoms with van der Waals surface area (Å²) in [5, 5.41) is 1.13. The molecule has 0 saturated carbocycles.